The molecule has 8 heteroatoms. The van der Waals surface area contributed by atoms with Gasteiger partial charge in [-0.05, 0) is 55.4 Å². The van der Waals surface area contributed by atoms with Crippen LogP contribution in [0.2, 0.25) is 0 Å². The van der Waals surface area contributed by atoms with E-state index in [9.17, 15) is 17.2 Å². The van der Waals surface area contributed by atoms with Crippen molar-refractivity contribution in [1.82, 2.24) is 4.98 Å². The van der Waals surface area contributed by atoms with E-state index in [0.29, 0.717) is 29.8 Å². The summed E-state index contributed by atoms with van der Waals surface area (Å²) in [6.45, 7) is 0.183. The lowest BCUT2D eigenvalue weighted by Gasteiger charge is -2.29. The van der Waals surface area contributed by atoms with Crippen LogP contribution in [0.1, 0.15) is 42.9 Å². The zero-order valence-corrected chi connectivity index (χ0v) is 15.8. The van der Waals surface area contributed by atoms with Gasteiger partial charge in [0, 0.05) is 6.20 Å². The molecule has 0 atom stereocenters. The molecule has 5 nitrogen and oxygen atoms in total. The Morgan fingerprint density at radius 2 is 1.89 bits per heavy atom. The summed E-state index contributed by atoms with van der Waals surface area (Å²) in [7, 11) is -3.40. The number of nitrogens with one attached hydrogen (secondary N) is 1. The second-order valence-electron chi connectivity index (χ2n) is 6.80. The van der Waals surface area contributed by atoms with E-state index in [0.717, 1.165) is 25.2 Å². The molecule has 1 aliphatic rings. The van der Waals surface area contributed by atoms with Crippen LogP contribution in [0.25, 0.3) is 0 Å². The predicted octanol–water partition coefficient (Wildman–Crippen LogP) is 3.97. The standard InChI is InChI=1S/C19H22F2N2O3S/c1-27(24,25)23-17-6-3-11-22-18(17)12-26-14-9-7-13(8-10-14)15-4-2-5-16(20)19(15)21/h2-6,11,13-14,23H,7-10,12H2,1H3. The van der Waals surface area contributed by atoms with E-state index in [2.05, 4.69) is 9.71 Å². The first-order valence-corrected chi connectivity index (χ1v) is 10.7. The number of nitrogens with zero attached hydrogens (tertiary/aromatic N) is 1. The highest BCUT2D eigenvalue weighted by atomic mass is 32.2. The molecule has 0 saturated heterocycles. The van der Waals surface area contributed by atoms with Crippen molar-refractivity contribution in [2.45, 2.75) is 44.3 Å². The lowest BCUT2D eigenvalue weighted by atomic mass is 9.82. The van der Waals surface area contributed by atoms with Gasteiger partial charge < -0.3 is 4.74 Å². The van der Waals surface area contributed by atoms with Gasteiger partial charge in [0.05, 0.1) is 30.3 Å². The maximum atomic E-state index is 14.0. The van der Waals surface area contributed by atoms with Crippen LogP contribution in [0.15, 0.2) is 36.5 Å². The Labute approximate surface area is 157 Å². The maximum Gasteiger partial charge on any atom is 0.229 e. The number of sulfonamides is 1. The van der Waals surface area contributed by atoms with Gasteiger partial charge in [-0.15, -0.1) is 0 Å². The van der Waals surface area contributed by atoms with Gasteiger partial charge in [0.2, 0.25) is 10.0 Å². The number of aromatic nitrogens is 1. The van der Waals surface area contributed by atoms with Crippen molar-refractivity contribution in [3.63, 3.8) is 0 Å². The Morgan fingerprint density at radius 1 is 1.15 bits per heavy atom. The fourth-order valence-corrected chi connectivity index (χ4v) is 4.00. The summed E-state index contributed by atoms with van der Waals surface area (Å²) >= 11 is 0. The average molecular weight is 396 g/mol. The molecular formula is C19H22F2N2O3S. The molecule has 0 bridgehead atoms. The second kappa shape index (κ2) is 8.31. The number of hydrogen-bond donors (Lipinski definition) is 1. The van der Waals surface area contributed by atoms with Gasteiger partial charge >= 0.3 is 0 Å². The van der Waals surface area contributed by atoms with Crippen LogP contribution >= 0.6 is 0 Å². The largest absolute Gasteiger partial charge is 0.372 e. The molecule has 1 fully saturated rings. The molecule has 0 radical (unpaired) electrons. The molecule has 0 unspecified atom stereocenters. The summed E-state index contributed by atoms with van der Waals surface area (Å²) in [6.07, 6.45) is 5.51. The molecule has 1 aromatic heterocycles. The van der Waals surface area contributed by atoms with Crippen molar-refractivity contribution in [2.24, 2.45) is 0 Å². The fraction of sp³-hybridized carbons (Fsp3) is 0.421. The number of pyridine rings is 1. The van der Waals surface area contributed by atoms with Crippen molar-refractivity contribution >= 4 is 15.7 Å². The van der Waals surface area contributed by atoms with Crippen LogP contribution in [-0.4, -0.2) is 25.8 Å². The first-order chi connectivity index (χ1) is 12.8. The van der Waals surface area contributed by atoms with E-state index in [-0.39, 0.29) is 18.6 Å². The molecular weight excluding hydrogens is 374 g/mol. The Kier molecular flexibility index (Phi) is 6.06. The van der Waals surface area contributed by atoms with Crippen molar-refractivity contribution in [1.29, 1.82) is 0 Å². The van der Waals surface area contributed by atoms with Crippen LogP contribution in [0.5, 0.6) is 0 Å². The zero-order chi connectivity index (χ0) is 19.4. The highest BCUT2D eigenvalue weighted by Crippen LogP contribution is 2.36. The molecule has 1 heterocycles. The second-order valence-corrected chi connectivity index (χ2v) is 8.55. The van der Waals surface area contributed by atoms with Gasteiger partial charge in [-0.25, -0.2) is 17.2 Å². The van der Waals surface area contributed by atoms with Crippen LogP contribution < -0.4 is 4.72 Å². The number of halogens is 2. The monoisotopic (exact) mass is 396 g/mol. The summed E-state index contributed by atoms with van der Waals surface area (Å²) in [6, 6.07) is 7.59. The van der Waals surface area contributed by atoms with Crippen molar-refractivity contribution in [3.8, 4) is 0 Å². The molecule has 3 rings (SSSR count). The molecule has 0 amide bonds. The lowest BCUT2D eigenvalue weighted by Crippen LogP contribution is -2.22. The van der Waals surface area contributed by atoms with E-state index >= 15 is 0 Å². The van der Waals surface area contributed by atoms with Gasteiger partial charge in [-0.2, -0.15) is 0 Å². The number of anilines is 1. The Bertz CT molecular complexity index is 898. The number of ether oxygens (including phenoxy) is 1. The molecule has 27 heavy (non-hydrogen) atoms. The van der Waals surface area contributed by atoms with E-state index in [1.807, 2.05) is 0 Å². The van der Waals surface area contributed by atoms with Gasteiger partial charge in [0.15, 0.2) is 11.6 Å². The lowest BCUT2D eigenvalue weighted by molar-refractivity contribution is 0.0118. The molecule has 1 aliphatic carbocycles. The summed E-state index contributed by atoms with van der Waals surface area (Å²) in [5.41, 5.74) is 1.34. The van der Waals surface area contributed by atoms with Crippen LogP contribution in [0.3, 0.4) is 0 Å². The Balaban J connectivity index is 1.57. The average Bonchev–Trinajstić information content (AvgIpc) is 2.63. The van der Waals surface area contributed by atoms with E-state index in [1.165, 1.54) is 6.07 Å². The predicted molar refractivity (Wildman–Crippen MR) is 98.8 cm³/mol. The van der Waals surface area contributed by atoms with E-state index in [4.69, 9.17) is 4.74 Å². The Morgan fingerprint density at radius 3 is 2.59 bits per heavy atom. The van der Waals surface area contributed by atoms with Gasteiger partial charge in [-0.1, -0.05) is 12.1 Å². The molecule has 146 valence electrons. The van der Waals surface area contributed by atoms with Crippen LogP contribution in [-0.2, 0) is 21.4 Å². The van der Waals surface area contributed by atoms with Crippen LogP contribution in [0, 0.1) is 11.6 Å². The summed E-state index contributed by atoms with van der Waals surface area (Å²) in [5.74, 6) is -1.59. The number of rotatable bonds is 6. The van der Waals surface area contributed by atoms with Crippen molar-refractivity contribution in [2.75, 3.05) is 11.0 Å². The zero-order valence-electron chi connectivity index (χ0n) is 15.0. The van der Waals surface area contributed by atoms with Gasteiger partial charge in [-0.3, -0.25) is 9.71 Å². The third-order valence-corrected chi connectivity index (χ3v) is 5.33. The van der Waals surface area contributed by atoms with Gasteiger partial charge in [0.1, 0.15) is 0 Å². The first-order valence-electron chi connectivity index (χ1n) is 8.80. The minimum Gasteiger partial charge on any atom is -0.372 e. The van der Waals surface area contributed by atoms with Crippen molar-refractivity contribution < 1.29 is 21.9 Å². The fourth-order valence-electron chi connectivity index (χ4n) is 3.42. The topological polar surface area (TPSA) is 68.3 Å². The number of benzene rings is 1. The highest BCUT2D eigenvalue weighted by molar-refractivity contribution is 7.92. The molecule has 2 aromatic rings. The molecule has 0 spiro atoms. The smallest absolute Gasteiger partial charge is 0.229 e. The quantitative estimate of drug-likeness (QED) is 0.802. The Hall–Kier alpha value is -2.06. The van der Waals surface area contributed by atoms with E-state index in [1.54, 1.807) is 24.4 Å². The summed E-state index contributed by atoms with van der Waals surface area (Å²) in [5, 5.41) is 0. The summed E-state index contributed by atoms with van der Waals surface area (Å²) in [4.78, 5) is 4.19. The molecule has 1 N–H and O–H groups in total. The number of hydrogen-bond acceptors (Lipinski definition) is 4. The van der Waals surface area contributed by atoms with Crippen LogP contribution in [0.4, 0.5) is 14.5 Å². The SMILES string of the molecule is CS(=O)(=O)Nc1cccnc1COC1CCC(c2cccc(F)c2F)CC1. The minimum atomic E-state index is -3.40. The molecule has 1 saturated carbocycles. The van der Waals surface area contributed by atoms with Gasteiger partial charge in [0.25, 0.3) is 0 Å². The summed E-state index contributed by atoms with van der Waals surface area (Å²) < 4.78 is 58.6. The first kappa shape index (κ1) is 19.7. The molecule has 1 aromatic carbocycles. The normalized spacial score (nSPS) is 20.4. The molecule has 0 aliphatic heterocycles. The highest BCUT2D eigenvalue weighted by Gasteiger charge is 2.26. The third-order valence-electron chi connectivity index (χ3n) is 4.74. The third kappa shape index (κ3) is 5.23. The maximum absolute atomic E-state index is 14.0. The minimum absolute atomic E-state index is 0.0159. The van der Waals surface area contributed by atoms with Crippen molar-refractivity contribution in [3.05, 3.63) is 59.4 Å². The van der Waals surface area contributed by atoms with E-state index < -0.39 is 21.7 Å².